The molecule has 6 heteroatoms. The molecule has 0 radical (unpaired) electrons. The number of hydrogen-bond donors (Lipinski definition) is 3. The van der Waals surface area contributed by atoms with Crippen LogP contribution in [0.5, 0.6) is 5.75 Å². The van der Waals surface area contributed by atoms with Gasteiger partial charge in [0.15, 0.2) is 0 Å². The highest BCUT2D eigenvalue weighted by Gasteiger charge is 2.74. The third-order valence-electron chi connectivity index (χ3n) is 8.84. The van der Waals surface area contributed by atoms with Gasteiger partial charge in [0.05, 0.1) is 0 Å². The van der Waals surface area contributed by atoms with Crippen molar-refractivity contribution in [2.24, 2.45) is 17.6 Å². The molecule has 4 N–H and O–H groups in total. The fraction of sp³-hybridized carbons (Fsp3) is 0.500. The van der Waals surface area contributed by atoms with Crippen LogP contribution in [0, 0.1) is 11.8 Å². The van der Waals surface area contributed by atoms with Crippen LogP contribution in [0.15, 0.2) is 29.1 Å². The van der Waals surface area contributed by atoms with Crippen LogP contribution in [0.2, 0.25) is 0 Å². The van der Waals surface area contributed by atoms with Gasteiger partial charge < -0.3 is 15.8 Å². The van der Waals surface area contributed by atoms with Gasteiger partial charge in [-0.3, -0.25) is 14.5 Å². The monoisotopic (exact) mass is 403 g/mol. The Morgan fingerprint density at radius 2 is 2.07 bits per heavy atom. The first-order chi connectivity index (χ1) is 14.4. The van der Waals surface area contributed by atoms with Crippen LogP contribution in [0.1, 0.15) is 52.0 Å². The number of carbonyl (C=O) groups excluding carboxylic acids is 1. The molecular formula is C24H25N3O3. The number of phenols is 1. The summed E-state index contributed by atoms with van der Waals surface area (Å²) in [6.45, 7) is 2.29. The first kappa shape index (κ1) is 17.1. The van der Waals surface area contributed by atoms with Gasteiger partial charge in [0.2, 0.25) is 0 Å². The number of amides is 1. The van der Waals surface area contributed by atoms with Crippen molar-refractivity contribution in [3.63, 3.8) is 0 Å². The minimum Gasteiger partial charge on any atom is -0.508 e. The maximum atomic E-state index is 12.4. The number of carbonyl (C=O) groups is 1. The molecule has 1 unspecified atom stereocenters. The zero-order valence-corrected chi connectivity index (χ0v) is 16.8. The minimum atomic E-state index is -0.668. The lowest BCUT2D eigenvalue weighted by atomic mass is 9.58. The van der Waals surface area contributed by atoms with E-state index in [1.807, 2.05) is 12.1 Å². The molecule has 1 aliphatic heterocycles. The Balaban J connectivity index is 1.40. The van der Waals surface area contributed by atoms with Crippen molar-refractivity contribution in [1.29, 1.82) is 0 Å². The summed E-state index contributed by atoms with van der Waals surface area (Å²) < 4.78 is 0. The maximum absolute atomic E-state index is 12.4. The molecule has 1 saturated heterocycles. The van der Waals surface area contributed by atoms with E-state index in [2.05, 4.69) is 16.0 Å². The highest BCUT2D eigenvalue weighted by atomic mass is 16.3. The normalized spacial score (nSPS) is 35.2. The van der Waals surface area contributed by atoms with Crippen molar-refractivity contribution in [2.45, 2.75) is 49.0 Å². The van der Waals surface area contributed by atoms with E-state index in [1.165, 1.54) is 30.5 Å². The molecule has 2 spiro atoms. The number of fused-ring (bicyclic) bond motifs is 3. The number of aromatic nitrogens is 1. The van der Waals surface area contributed by atoms with E-state index < -0.39 is 11.5 Å². The number of hydrogen-bond acceptors (Lipinski definition) is 4. The number of phenolic OH excluding ortho intramolecular Hbond substituents is 1. The third kappa shape index (κ3) is 1.89. The zero-order valence-electron chi connectivity index (χ0n) is 16.8. The van der Waals surface area contributed by atoms with Crippen LogP contribution in [-0.4, -0.2) is 40.0 Å². The van der Waals surface area contributed by atoms with Crippen LogP contribution in [0.25, 0.3) is 0 Å². The zero-order chi connectivity index (χ0) is 20.4. The smallest absolute Gasteiger partial charge is 0.261 e. The molecule has 1 aromatic heterocycles. The highest BCUT2D eigenvalue weighted by molar-refractivity contribution is 5.92. The first-order valence-corrected chi connectivity index (χ1v) is 11.0. The lowest BCUT2D eigenvalue weighted by Crippen LogP contribution is -2.68. The summed E-state index contributed by atoms with van der Waals surface area (Å²) in [4.78, 5) is 29.9. The molecule has 5 aliphatic rings. The van der Waals surface area contributed by atoms with E-state index in [9.17, 15) is 14.7 Å². The Hall–Kier alpha value is -2.60. The Labute approximate surface area is 174 Å². The Bertz CT molecular complexity index is 1200. The number of pyridine rings is 1. The predicted octanol–water partition coefficient (Wildman–Crippen LogP) is 1.58. The maximum Gasteiger partial charge on any atom is 0.261 e. The largest absolute Gasteiger partial charge is 0.508 e. The molecule has 2 heterocycles. The molecule has 7 rings (SSSR count). The number of nitrogens with one attached hydrogen (secondary N) is 1. The van der Waals surface area contributed by atoms with Crippen LogP contribution < -0.4 is 11.3 Å². The SMILES string of the molecule is NC(=O)c1cc2c([nH]c1=O)C[C@@]13CC4(CN(CC5CC5)[C@H]4[C@@H]1C2)c1ccc(O)cc13. The number of nitrogens with two attached hydrogens (primary N) is 1. The van der Waals surface area contributed by atoms with Gasteiger partial charge >= 0.3 is 0 Å². The lowest BCUT2D eigenvalue weighted by Gasteiger charge is -2.59. The average molecular weight is 403 g/mol. The summed E-state index contributed by atoms with van der Waals surface area (Å²) in [6, 6.07) is 8.18. The summed E-state index contributed by atoms with van der Waals surface area (Å²) in [5.74, 6) is 0.932. The van der Waals surface area contributed by atoms with Crippen LogP contribution in [-0.2, 0) is 23.7 Å². The van der Waals surface area contributed by atoms with Gasteiger partial charge in [-0.1, -0.05) is 6.07 Å². The number of likely N-dealkylation sites (tertiary alicyclic amines) is 1. The van der Waals surface area contributed by atoms with Crippen molar-refractivity contribution in [2.75, 3.05) is 13.1 Å². The summed E-state index contributed by atoms with van der Waals surface area (Å²) in [7, 11) is 0. The van der Waals surface area contributed by atoms with E-state index in [4.69, 9.17) is 5.73 Å². The molecule has 1 aromatic carbocycles. The van der Waals surface area contributed by atoms with E-state index in [0.717, 1.165) is 43.0 Å². The van der Waals surface area contributed by atoms with Gasteiger partial charge in [-0.25, -0.2) is 0 Å². The number of rotatable bonds is 3. The van der Waals surface area contributed by atoms with Crippen molar-refractivity contribution in [3.8, 4) is 5.75 Å². The van der Waals surface area contributed by atoms with Crippen LogP contribution >= 0.6 is 0 Å². The van der Waals surface area contributed by atoms with Gasteiger partial charge in [-0.2, -0.15) is 0 Å². The van der Waals surface area contributed by atoms with Gasteiger partial charge in [0.25, 0.3) is 11.5 Å². The molecule has 6 nitrogen and oxygen atoms in total. The number of benzene rings is 1. The molecule has 4 atom stereocenters. The van der Waals surface area contributed by atoms with Crippen molar-refractivity contribution < 1.29 is 9.90 Å². The second-order valence-electron chi connectivity index (χ2n) is 10.4. The molecule has 1 amide bonds. The van der Waals surface area contributed by atoms with E-state index in [-0.39, 0.29) is 16.4 Å². The van der Waals surface area contributed by atoms with Crippen LogP contribution in [0.3, 0.4) is 0 Å². The number of primary amides is 1. The number of aromatic hydroxyl groups is 1. The van der Waals surface area contributed by atoms with Gasteiger partial charge in [-0.15, -0.1) is 0 Å². The minimum absolute atomic E-state index is 0.0543. The summed E-state index contributed by atoms with van der Waals surface area (Å²) in [5.41, 5.74) is 9.90. The fourth-order valence-corrected chi connectivity index (χ4v) is 7.69. The Morgan fingerprint density at radius 3 is 2.83 bits per heavy atom. The molecule has 3 fully saturated rings. The summed E-state index contributed by atoms with van der Waals surface area (Å²) >= 11 is 0. The molecular weight excluding hydrogens is 378 g/mol. The second-order valence-corrected chi connectivity index (χ2v) is 10.4. The van der Waals surface area contributed by atoms with Gasteiger partial charge in [0, 0.05) is 35.7 Å². The summed E-state index contributed by atoms with van der Waals surface area (Å²) in [5, 5.41) is 10.3. The summed E-state index contributed by atoms with van der Waals surface area (Å²) in [6.07, 6.45) is 5.39. The topological polar surface area (TPSA) is 99.4 Å². The van der Waals surface area contributed by atoms with E-state index in [0.29, 0.717) is 17.7 Å². The highest BCUT2D eigenvalue weighted by Crippen LogP contribution is 2.71. The second kappa shape index (κ2) is 5.17. The Kier molecular flexibility index (Phi) is 2.95. The average Bonchev–Trinajstić information content (AvgIpc) is 3.41. The number of nitrogens with zero attached hydrogens (tertiary/aromatic N) is 1. The van der Waals surface area contributed by atoms with Crippen molar-refractivity contribution >= 4 is 5.91 Å². The van der Waals surface area contributed by atoms with E-state index in [1.54, 1.807) is 6.07 Å². The molecule has 30 heavy (non-hydrogen) atoms. The van der Waals surface area contributed by atoms with Gasteiger partial charge in [-0.05, 0) is 78.8 Å². The van der Waals surface area contributed by atoms with Crippen LogP contribution in [0.4, 0.5) is 0 Å². The third-order valence-corrected chi connectivity index (χ3v) is 8.84. The number of H-pyrrole nitrogens is 1. The molecule has 4 aliphatic carbocycles. The fourth-order valence-electron chi connectivity index (χ4n) is 7.69. The quantitative estimate of drug-likeness (QED) is 0.725. The number of aromatic amines is 1. The molecule has 154 valence electrons. The lowest BCUT2D eigenvalue weighted by molar-refractivity contribution is -0.0271. The van der Waals surface area contributed by atoms with Crippen molar-refractivity contribution in [1.82, 2.24) is 9.88 Å². The standard InChI is InChI=1S/C24H25N3O3/c25-21(29)15-5-13-6-18-20-24(11-27(20)9-12-1-2-12)10-23(18,8-19(13)26-22(15)30)17-7-14(28)3-4-16(17)24/h3-5,7,12,18,20,28H,1-2,6,8-11H2,(H2,25,29)(H,26,30)/t18-,20-,23-,24?/m0/s1. The molecule has 2 bridgehead atoms. The molecule has 2 saturated carbocycles. The Morgan fingerprint density at radius 1 is 1.23 bits per heavy atom. The first-order valence-electron chi connectivity index (χ1n) is 11.0. The van der Waals surface area contributed by atoms with Gasteiger partial charge in [0.1, 0.15) is 11.3 Å². The van der Waals surface area contributed by atoms with Crippen molar-refractivity contribution in [3.05, 3.63) is 62.6 Å². The van der Waals surface area contributed by atoms with E-state index >= 15 is 0 Å². The molecule has 2 aromatic rings. The predicted molar refractivity (Wildman–Crippen MR) is 111 cm³/mol.